The van der Waals surface area contributed by atoms with Gasteiger partial charge in [-0.15, -0.1) is 0 Å². The van der Waals surface area contributed by atoms with E-state index < -0.39 is 11.5 Å². The number of hydrogen-bond acceptors (Lipinski definition) is 5. The lowest BCUT2D eigenvalue weighted by Crippen LogP contribution is -2.25. The van der Waals surface area contributed by atoms with Crippen LogP contribution in [0.25, 0.3) is 22.0 Å². The Balaban J connectivity index is 1.79. The van der Waals surface area contributed by atoms with E-state index in [-0.39, 0.29) is 17.8 Å². The molecule has 0 saturated heterocycles. The monoisotopic (exact) mass is 400 g/mol. The third-order valence-electron chi connectivity index (χ3n) is 4.87. The highest BCUT2D eigenvalue weighted by molar-refractivity contribution is 6.06. The molecule has 0 spiro atoms. The normalized spacial score (nSPS) is 10.7. The number of ether oxygens (including phenoxy) is 1. The van der Waals surface area contributed by atoms with Crippen molar-refractivity contribution >= 4 is 16.8 Å². The van der Waals surface area contributed by atoms with Gasteiger partial charge in [0.25, 0.3) is 5.91 Å². The SMILES string of the molecule is COc1ccccc1CNC(=O)c1oc(=O)c2ncccc2c1-c1ccc(C)cc1. The molecule has 0 aliphatic heterocycles. The zero-order valence-corrected chi connectivity index (χ0v) is 16.6. The minimum atomic E-state index is -0.649. The molecule has 6 nitrogen and oxygen atoms in total. The van der Waals surface area contributed by atoms with Gasteiger partial charge in [0, 0.05) is 29.3 Å². The van der Waals surface area contributed by atoms with Crippen LogP contribution in [0.5, 0.6) is 5.75 Å². The predicted octanol–water partition coefficient (Wildman–Crippen LogP) is 4.10. The maximum Gasteiger partial charge on any atom is 0.363 e. The van der Waals surface area contributed by atoms with Crippen molar-refractivity contribution in [2.75, 3.05) is 7.11 Å². The highest BCUT2D eigenvalue weighted by atomic mass is 16.5. The zero-order chi connectivity index (χ0) is 21.1. The summed E-state index contributed by atoms with van der Waals surface area (Å²) >= 11 is 0. The van der Waals surface area contributed by atoms with E-state index in [1.54, 1.807) is 19.2 Å². The Hall–Kier alpha value is -3.93. The molecule has 2 heterocycles. The number of carbonyl (C=O) groups is 1. The first kappa shape index (κ1) is 19.4. The summed E-state index contributed by atoms with van der Waals surface area (Å²) in [7, 11) is 1.57. The highest BCUT2D eigenvalue weighted by Gasteiger charge is 2.22. The number of hydrogen-bond donors (Lipinski definition) is 1. The molecule has 0 aliphatic carbocycles. The van der Waals surface area contributed by atoms with Gasteiger partial charge in [-0.1, -0.05) is 54.1 Å². The maximum atomic E-state index is 13.1. The van der Waals surface area contributed by atoms with Crippen molar-refractivity contribution < 1.29 is 13.9 Å². The van der Waals surface area contributed by atoms with Gasteiger partial charge in [-0.05, 0) is 24.6 Å². The van der Waals surface area contributed by atoms with Crippen LogP contribution >= 0.6 is 0 Å². The van der Waals surface area contributed by atoms with Gasteiger partial charge in [0.05, 0.1) is 7.11 Å². The number of methoxy groups -OCH3 is 1. The Morgan fingerprint density at radius 3 is 2.60 bits per heavy atom. The van der Waals surface area contributed by atoms with Crippen LogP contribution in [0.4, 0.5) is 0 Å². The average molecular weight is 400 g/mol. The Kier molecular flexibility index (Phi) is 5.30. The summed E-state index contributed by atoms with van der Waals surface area (Å²) in [5.74, 6) is 0.138. The number of nitrogens with zero attached hydrogens (tertiary/aromatic N) is 1. The van der Waals surface area contributed by atoms with Crippen molar-refractivity contribution in [2.24, 2.45) is 0 Å². The van der Waals surface area contributed by atoms with Crippen molar-refractivity contribution in [2.45, 2.75) is 13.5 Å². The Morgan fingerprint density at radius 1 is 1.07 bits per heavy atom. The number of pyridine rings is 1. The smallest absolute Gasteiger partial charge is 0.363 e. The largest absolute Gasteiger partial charge is 0.496 e. The van der Waals surface area contributed by atoms with E-state index in [2.05, 4.69) is 10.3 Å². The summed E-state index contributed by atoms with van der Waals surface area (Å²) in [5.41, 5.74) is 2.74. The molecular weight excluding hydrogens is 380 g/mol. The van der Waals surface area contributed by atoms with E-state index in [0.29, 0.717) is 16.7 Å². The van der Waals surface area contributed by atoms with Gasteiger partial charge in [0.1, 0.15) is 5.75 Å². The van der Waals surface area contributed by atoms with Gasteiger partial charge < -0.3 is 14.5 Å². The number of aromatic nitrogens is 1. The van der Waals surface area contributed by atoms with Gasteiger partial charge in [0.2, 0.25) is 5.76 Å². The zero-order valence-electron chi connectivity index (χ0n) is 16.6. The second kappa shape index (κ2) is 8.21. The molecule has 1 amide bonds. The molecule has 150 valence electrons. The molecule has 30 heavy (non-hydrogen) atoms. The van der Waals surface area contributed by atoms with E-state index in [1.807, 2.05) is 55.5 Å². The molecule has 4 rings (SSSR count). The van der Waals surface area contributed by atoms with Crippen molar-refractivity contribution in [1.29, 1.82) is 0 Å². The molecule has 0 radical (unpaired) electrons. The molecule has 6 heteroatoms. The van der Waals surface area contributed by atoms with Gasteiger partial charge in [-0.25, -0.2) is 9.78 Å². The van der Waals surface area contributed by atoms with Crippen LogP contribution in [0, 0.1) is 6.92 Å². The van der Waals surface area contributed by atoms with Crippen LogP contribution in [-0.4, -0.2) is 18.0 Å². The Bertz CT molecular complexity index is 1280. The molecule has 0 bridgehead atoms. The fourth-order valence-electron chi connectivity index (χ4n) is 3.36. The lowest BCUT2D eigenvalue weighted by atomic mass is 9.99. The van der Waals surface area contributed by atoms with E-state index >= 15 is 0 Å². The van der Waals surface area contributed by atoms with Crippen LogP contribution < -0.4 is 15.7 Å². The first-order valence-electron chi connectivity index (χ1n) is 9.47. The Morgan fingerprint density at radius 2 is 1.83 bits per heavy atom. The van der Waals surface area contributed by atoms with Crippen LogP contribution in [0.2, 0.25) is 0 Å². The molecule has 0 fully saturated rings. The lowest BCUT2D eigenvalue weighted by Gasteiger charge is -2.13. The van der Waals surface area contributed by atoms with Gasteiger partial charge >= 0.3 is 5.63 Å². The van der Waals surface area contributed by atoms with Crippen molar-refractivity contribution in [3.8, 4) is 16.9 Å². The van der Waals surface area contributed by atoms with E-state index in [4.69, 9.17) is 9.15 Å². The Labute approximate surface area is 173 Å². The minimum absolute atomic E-state index is 0.0424. The number of nitrogens with one attached hydrogen (secondary N) is 1. The molecule has 2 aromatic heterocycles. The van der Waals surface area contributed by atoms with E-state index in [1.165, 1.54) is 6.20 Å². The third kappa shape index (κ3) is 3.67. The quantitative estimate of drug-likeness (QED) is 0.545. The number of rotatable bonds is 5. The standard InChI is InChI=1S/C24H20N2O4/c1-15-9-11-16(12-10-15)20-18-7-5-13-25-21(18)24(28)30-22(20)23(27)26-14-17-6-3-4-8-19(17)29-2/h3-13H,14H2,1-2H3,(H,26,27). The van der Waals surface area contributed by atoms with Gasteiger partial charge in [-0.2, -0.15) is 0 Å². The molecule has 4 aromatic rings. The third-order valence-corrected chi connectivity index (χ3v) is 4.87. The topological polar surface area (TPSA) is 81.4 Å². The fourth-order valence-corrected chi connectivity index (χ4v) is 3.36. The number of benzene rings is 2. The molecule has 0 atom stereocenters. The molecule has 0 saturated carbocycles. The van der Waals surface area contributed by atoms with Crippen molar-refractivity contribution in [3.05, 3.63) is 94.2 Å². The predicted molar refractivity (Wildman–Crippen MR) is 115 cm³/mol. The van der Waals surface area contributed by atoms with Gasteiger partial charge in [0.15, 0.2) is 5.52 Å². The van der Waals surface area contributed by atoms with Crippen molar-refractivity contribution in [1.82, 2.24) is 10.3 Å². The molecular formula is C24H20N2O4. The summed E-state index contributed by atoms with van der Waals surface area (Å²) < 4.78 is 10.8. The minimum Gasteiger partial charge on any atom is -0.496 e. The summed E-state index contributed by atoms with van der Waals surface area (Å²) in [5, 5.41) is 3.40. The second-order valence-electron chi connectivity index (χ2n) is 6.85. The number of amides is 1. The number of fused-ring (bicyclic) bond motifs is 1. The lowest BCUT2D eigenvalue weighted by molar-refractivity contribution is 0.0920. The van der Waals surface area contributed by atoms with Crippen LogP contribution in [0.1, 0.15) is 21.7 Å². The van der Waals surface area contributed by atoms with E-state index in [9.17, 15) is 9.59 Å². The average Bonchev–Trinajstić information content (AvgIpc) is 2.78. The van der Waals surface area contributed by atoms with Crippen molar-refractivity contribution in [3.63, 3.8) is 0 Å². The number of para-hydroxylation sites is 1. The maximum absolute atomic E-state index is 13.1. The van der Waals surface area contributed by atoms with Crippen LogP contribution in [-0.2, 0) is 6.54 Å². The molecule has 2 aromatic carbocycles. The molecule has 0 aliphatic rings. The first-order valence-corrected chi connectivity index (χ1v) is 9.47. The molecule has 1 N–H and O–H groups in total. The summed E-state index contributed by atoms with van der Waals surface area (Å²) in [6, 6.07) is 18.6. The number of carbonyl (C=O) groups excluding carboxylic acids is 1. The summed E-state index contributed by atoms with van der Waals surface area (Å²) in [4.78, 5) is 29.7. The summed E-state index contributed by atoms with van der Waals surface area (Å²) in [6.45, 7) is 2.21. The van der Waals surface area contributed by atoms with Crippen LogP contribution in [0.3, 0.4) is 0 Å². The first-order chi connectivity index (χ1) is 14.6. The fraction of sp³-hybridized carbons (Fsp3) is 0.125. The molecule has 0 unspecified atom stereocenters. The van der Waals surface area contributed by atoms with Gasteiger partial charge in [-0.3, -0.25) is 4.79 Å². The van der Waals surface area contributed by atoms with Crippen LogP contribution in [0.15, 0.2) is 76.1 Å². The second-order valence-corrected chi connectivity index (χ2v) is 6.85. The van der Waals surface area contributed by atoms with E-state index in [0.717, 1.165) is 16.7 Å². The number of aryl methyl sites for hydroxylation is 1. The summed E-state index contributed by atoms with van der Waals surface area (Å²) in [6.07, 6.45) is 1.53. The highest BCUT2D eigenvalue weighted by Crippen LogP contribution is 2.30.